The summed E-state index contributed by atoms with van der Waals surface area (Å²) in [5, 5.41) is 9.43. The zero-order chi connectivity index (χ0) is 9.84. The highest BCUT2D eigenvalue weighted by Gasteiger charge is 2.08. The number of aliphatic hydroxyl groups excluding tert-OH is 1. The standard InChI is InChI=1S/C10H13BrO2/c1-3-13-10-6-8(11)4-5-9(10)7(2)12/h4-7,12H,3H2,1-2H3/t7-/m0/s1. The fourth-order valence-electron chi connectivity index (χ4n) is 1.13. The van der Waals surface area contributed by atoms with Gasteiger partial charge in [-0.1, -0.05) is 22.0 Å². The molecular weight excluding hydrogens is 232 g/mol. The maximum absolute atomic E-state index is 9.43. The fourth-order valence-corrected chi connectivity index (χ4v) is 1.47. The molecule has 0 saturated heterocycles. The molecular formula is C10H13BrO2. The Labute approximate surface area is 86.7 Å². The van der Waals surface area contributed by atoms with Crippen LogP contribution in [-0.4, -0.2) is 11.7 Å². The Kier molecular flexibility index (Phi) is 3.75. The van der Waals surface area contributed by atoms with Crippen LogP contribution in [0.4, 0.5) is 0 Å². The topological polar surface area (TPSA) is 29.5 Å². The summed E-state index contributed by atoms with van der Waals surface area (Å²) in [7, 11) is 0. The first kappa shape index (κ1) is 10.5. The van der Waals surface area contributed by atoms with Crippen LogP contribution in [0.15, 0.2) is 22.7 Å². The number of aliphatic hydroxyl groups is 1. The molecule has 3 heteroatoms. The molecule has 0 bridgehead atoms. The average Bonchev–Trinajstić information content (AvgIpc) is 2.04. The monoisotopic (exact) mass is 244 g/mol. The Morgan fingerprint density at radius 3 is 2.77 bits per heavy atom. The van der Waals surface area contributed by atoms with Gasteiger partial charge in [0.05, 0.1) is 12.7 Å². The Morgan fingerprint density at radius 1 is 1.54 bits per heavy atom. The van der Waals surface area contributed by atoms with E-state index in [0.29, 0.717) is 6.61 Å². The van der Waals surface area contributed by atoms with Crippen molar-refractivity contribution in [2.75, 3.05) is 6.61 Å². The number of halogens is 1. The van der Waals surface area contributed by atoms with E-state index in [1.54, 1.807) is 6.92 Å². The van der Waals surface area contributed by atoms with Gasteiger partial charge < -0.3 is 9.84 Å². The van der Waals surface area contributed by atoms with Crippen molar-refractivity contribution in [3.8, 4) is 5.75 Å². The van der Waals surface area contributed by atoms with Gasteiger partial charge >= 0.3 is 0 Å². The van der Waals surface area contributed by atoms with Crippen LogP contribution in [0.25, 0.3) is 0 Å². The number of hydrogen-bond donors (Lipinski definition) is 1. The number of ether oxygens (including phenoxy) is 1. The summed E-state index contributed by atoms with van der Waals surface area (Å²) in [6.45, 7) is 4.26. The molecule has 72 valence electrons. The number of rotatable bonds is 3. The van der Waals surface area contributed by atoms with Crippen LogP contribution in [0.5, 0.6) is 5.75 Å². The van der Waals surface area contributed by atoms with Gasteiger partial charge in [0.2, 0.25) is 0 Å². The summed E-state index contributed by atoms with van der Waals surface area (Å²) in [5.74, 6) is 0.742. The first-order chi connectivity index (χ1) is 6.15. The molecule has 0 amide bonds. The molecule has 1 aromatic rings. The first-order valence-electron chi connectivity index (χ1n) is 4.25. The summed E-state index contributed by atoms with van der Waals surface area (Å²) >= 11 is 3.35. The minimum Gasteiger partial charge on any atom is -0.493 e. The second kappa shape index (κ2) is 4.63. The zero-order valence-corrected chi connectivity index (χ0v) is 9.34. The third-order valence-electron chi connectivity index (χ3n) is 1.73. The van der Waals surface area contributed by atoms with Crippen LogP contribution in [0, 0.1) is 0 Å². The van der Waals surface area contributed by atoms with E-state index >= 15 is 0 Å². The molecule has 1 aromatic carbocycles. The van der Waals surface area contributed by atoms with Crippen LogP contribution in [0.3, 0.4) is 0 Å². The maximum atomic E-state index is 9.43. The van der Waals surface area contributed by atoms with E-state index in [1.165, 1.54) is 0 Å². The van der Waals surface area contributed by atoms with Crippen molar-refractivity contribution >= 4 is 15.9 Å². The van der Waals surface area contributed by atoms with Crippen molar-refractivity contribution in [3.05, 3.63) is 28.2 Å². The van der Waals surface area contributed by atoms with Gasteiger partial charge in [-0.2, -0.15) is 0 Å². The smallest absolute Gasteiger partial charge is 0.126 e. The second-order valence-corrected chi connectivity index (χ2v) is 3.71. The lowest BCUT2D eigenvalue weighted by Gasteiger charge is -2.12. The quantitative estimate of drug-likeness (QED) is 0.887. The van der Waals surface area contributed by atoms with Crippen molar-refractivity contribution in [1.29, 1.82) is 0 Å². The molecule has 0 unspecified atom stereocenters. The molecule has 1 N–H and O–H groups in total. The highest BCUT2D eigenvalue weighted by molar-refractivity contribution is 9.10. The molecule has 1 rings (SSSR count). The maximum Gasteiger partial charge on any atom is 0.126 e. The lowest BCUT2D eigenvalue weighted by molar-refractivity contribution is 0.192. The minimum atomic E-state index is -0.491. The molecule has 0 aliphatic heterocycles. The average molecular weight is 245 g/mol. The van der Waals surface area contributed by atoms with E-state index < -0.39 is 6.10 Å². The largest absolute Gasteiger partial charge is 0.493 e. The molecule has 0 radical (unpaired) electrons. The molecule has 2 nitrogen and oxygen atoms in total. The normalized spacial score (nSPS) is 12.6. The molecule has 0 aliphatic carbocycles. The molecule has 0 aliphatic rings. The summed E-state index contributed by atoms with van der Waals surface area (Å²) in [6, 6.07) is 5.62. The Bertz CT molecular complexity index is 284. The minimum absolute atomic E-state index is 0.491. The molecule has 0 spiro atoms. The van der Waals surface area contributed by atoms with E-state index in [-0.39, 0.29) is 0 Å². The van der Waals surface area contributed by atoms with E-state index in [0.717, 1.165) is 15.8 Å². The van der Waals surface area contributed by atoms with Crippen molar-refractivity contribution in [1.82, 2.24) is 0 Å². The Hall–Kier alpha value is -0.540. The van der Waals surface area contributed by atoms with Gasteiger partial charge in [-0.25, -0.2) is 0 Å². The summed E-state index contributed by atoms with van der Waals surface area (Å²) < 4.78 is 6.35. The predicted octanol–water partition coefficient (Wildman–Crippen LogP) is 2.90. The first-order valence-corrected chi connectivity index (χ1v) is 5.04. The van der Waals surface area contributed by atoms with Crippen molar-refractivity contribution in [3.63, 3.8) is 0 Å². The van der Waals surface area contributed by atoms with Crippen LogP contribution < -0.4 is 4.74 Å². The van der Waals surface area contributed by atoms with Gasteiger partial charge in [0.25, 0.3) is 0 Å². The van der Waals surface area contributed by atoms with Crippen LogP contribution in [0.1, 0.15) is 25.5 Å². The van der Waals surface area contributed by atoms with E-state index in [9.17, 15) is 5.11 Å². The van der Waals surface area contributed by atoms with Gasteiger partial charge in [-0.15, -0.1) is 0 Å². The lowest BCUT2D eigenvalue weighted by Crippen LogP contribution is -1.99. The van der Waals surface area contributed by atoms with Crippen molar-refractivity contribution < 1.29 is 9.84 Å². The van der Waals surface area contributed by atoms with Crippen molar-refractivity contribution in [2.45, 2.75) is 20.0 Å². The third kappa shape index (κ3) is 2.71. The zero-order valence-electron chi connectivity index (χ0n) is 7.75. The van der Waals surface area contributed by atoms with Gasteiger partial charge in [-0.3, -0.25) is 0 Å². The highest BCUT2D eigenvalue weighted by Crippen LogP contribution is 2.28. The second-order valence-electron chi connectivity index (χ2n) is 2.79. The molecule has 0 aromatic heterocycles. The fraction of sp³-hybridized carbons (Fsp3) is 0.400. The summed E-state index contributed by atoms with van der Waals surface area (Å²) in [4.78, 5) is 0. The Morgan fingerprint density at radius 2 is 2.23 bits per heavy atom. The van der Waals surface area contributed by atoms with Gasteiger partial charge in [0.15, 0.2) is 0 Å². The van der Waals surface area contributed by atoms with E-state index in [1.807, 2.05) is 25.1 Å². The summed E-state index contributed by atoms with van der Waals surface area (Å²) in [6.07, 6.45) is -0.491. The molecule has 0 saturated carbocycles. The predicted molar refractivity (Wildman–Crippen MR) is 55.9 cm³/mol. The van der Waals surface area contributed by atoms with Crippen LogP contribution in [0.2, 0.25) is 0 Å². The molecule has 0 fully saturated rings. The number of benzene rings is 1. The van der Waals surface area contributed by atoms with Crippen molar-refractivity contribution in [2.24, 2.45) is 0 Å². The van der Waals surface area contributed by atoms with E-state index in [2.05, 4.69) is 15.9 Å². The van der Waals surface area contributed by atoms with Gasteiger partial charge in [0, 0.05) is 10.0 Å². The Balaban J connectivity index is 3.03. The summed E-state index contributed by atoms with van der Waals surface area (Å²) in [5.41, 5.74) is 0.824. The van der Waals surface area contributed by atoms with Crippen LogP contribution >= 0.6 is 15.9 Å². The molecule has 0 heterocycles. The SMILES string of the molecule is CCOc1cc(Br)ccc1[C@H](C)O. The van der Waals surface area contributed by atoms with Gasteiger partial charge in [-0.05, 0) is 26.0 Å². The van der Waals surface area contributed by atoms with Gasteiger partial charge in [0.1, 0.15) is 5.75 Å². The van der Waals surface area contributed by atoms with E-state index in [4.69, 9.17) is 4.74 Å². The highest BCUT2D eigenvalue weighted by atomic mass is 79.9. The van der Waals surface area contributed by atoms with Crippen LogP contribution in [-0.2, 0) is 0 Å². The third-order valence-corrected chi connectivity index (χ3v) is 2.22. The lowest BCUT2D eigenvalue weighted by atomic mass is 10.1. The number of hydrogen-bond acceptors (Lipinski definition) is 2. The molecule has 1 atom stereocenters. The molecule has 13 heavy (non-hydrogen) atoms.